The summed E-state index contributed by atoms with van der Waals surface area (Å²) in [7, 11) is 0. The van der Waals surface area contributed by atoms with Crippen molar-refractivity contribution < 1.29 is 19.2 Å². The number of rotatable bonds is 6. The highest BCUT2D eigenvalue weighted by molar-refractivity contribution is 7.15. The van der Waals surface area contributed by atoms with Crippen LogP contribution in [-0.2, 0) is 9.53 Å². The van der Waals surface area contributed by atoms with Gasteiger partial charge in [0.2, 0.25) is 0 Å². The fraction of sp³-hybridized carbons (Fsp3) is 0.455. The Morgan fingerprint density at radius 3 is 2.50 bits per heavy atom. The molecule has 1 aromatic carbocycles. The molecular formula is C22H29N2O3S+. The van der Waals surface area contributed by atoms with E-state index < -0.39 is 5.97 Å². The van der Waals surface area contributed by atoms with E-state index in [0.717, 1.165) is 24.2 Å². The van der Waals surface area contributed by atoms with E-state index in [1.807, 2.05) is 35.7 Å². The van der Waals surface area contributed by atoms with Crippen molar-refractivity contribution in [1.29, 1.82) is 0 Å². The molecule has 1 aromatic heterocycles. The lowest BCUT2D eigenvalue weighted by Gasteiger charge is -2.31. The Morgan fingerprint density at radius 1 is 1.18 bits per heavy atom. The molecule has 5 nitrogen and oxygen atoms in total. The molecule has 3 atom stereocenters. The number of benzene rings is 1. The van der Waals surface area contributed by atoms with Gasteiger partial charge >= 0.3 is 5.97 Å². The molecule has 1 unspecified atom stereocenters. The highest BCUT2D eigenvalue weighted by Gasteiger charge is 2.28. The van der Waals surface area contributed by atoms with Crippen LogP contribution in [0.15, 0.2) is 35.7 Å². The molecule has 1 saturated heterocycles. The Balaban J connectivity index is 1.78. The number of hydrogen-bond donors (Lipinski definition) is 2. The van der Waals surface area contributed by atoms with Gasteiger partial charge in [-0.15, -0.1) is 11.3 Å². The maximum absolute atomic E-state index is 12.7. The van der Waals surface area contributed by atoms with Crippen LogP contribution >= 0.6 is 11.3 Å². The summed E-state index contributed by atoms with van der Waals surface area (Å²) in [6.07, 6.45) is 1.23. The average molecular weight is 402 g/mol. The van der Waals surface area contributed by atoms with Crippen molar-refractivity contribution in [3.8, 4) is 11.1 Å². The van der Waals surface area contributed by atoms with E-state index in [2.05, 4.69) is 19.2 Å². The fourth-order valence-electron chi connectivity index (χ4n) is 4.15. The number of quaternary nitrogens is 1. The van der Waals surface area contributed by atoms with E-state index in [-0.39, 0.29) is 5.91 Å². The molecule has 1 aliphatic rings. The maximum Gasteiger partial charge on any atom is 0.341 e. The molecule has 0 radical (unpaired) electrons. The third-order valence-corrected chi connectivity index (χ3v) is 5.99. The fourth-order valence-corrected chi connectivity index (χ4v) is 5.12. The zero-order valence-electron chi connectivity index (χ0n) is 16.8. The SMILES string of the molecule is CCOC(=O)c1c(-c2ccccc2)csc1NC(=O)C[NH+]1C[C@H](C)C[C@H](C)C1. The molecule has 0 spiro atoms. The minimum Gasteiger partial charge on any atom is -0.462 e. The summed E-state index contributed by atoms with van der Waals surface area (Å²) in [6.45, 7) is 9.03. The van der Waals surface area contributed by atoms with Crippen LogP contribution in [0.1, 0.15) is 37.6 Å². The number of carbonyl (C=O) groups is 2. The van der Waals surface area contributed by atoms with E-state index >= 15 is 0 Å². The van der Waals surface area contributed by atoms with Gasteiger partial charge in [0, 0.05) is 22.8 Å². The van der Waals surface area contributed by atoms with Gasteiger partial charge in [-0.2, -0.15) is 0 Å². The number of anilines is 1. The van der Waals surface area contributed by atoms with Crippen LogP contribution in [-0.4, -0.2) is 38.1 Å². The minimum absolute atomic E-state index is 0.0525. The number of likely N-dealkylation sites (tertiary alicyclic amines) is 1. The van der Waals surface area contributed by atoms with Gasteiger partial charge in [-0.05, 0) is 18.9 Å². The number of carbonyl (C=O) groups excluding carboxylic acids is 2. The number of nitrogens with one attached hydrogen (secondary N) is 2. The van der Waals surface area contributed by atoms with Gasteiger partial charge < -0.3 is 15.0 Å². The predicted octanol–water partition coefficient (Wildman–Crippen LogP) is 3.09. The van der Waals surface area contributed by atoms with Crippen LogP contribution in [0.4, 0.5) is 5.00 Å². The van der Waals surface area contributed by atoms with E-state index in [4.69, 9.17) is 4.74 Å². The van der Waals surface area contributed by atoms with Crippen LogP contribution in [0.25, 0.3) is 11.1 Å². The van der Waals surface area contributed by atoms with Crippen molar-refractivity contribution in [2.24, 2.45) is 11.8 Å². The average Bonchev–Trinajstić information content (AvgIpc) is 3.05. The second kappa shape index (κ2) is 9.34. The van der Waals surface area contributed by atoms with Crippen LogP contribution < -0.4 is 10.2 Å². The first kappa shape index (κ1) is 20.6. The molecule has 1 aliphatic heterocycles. The second-order valence-corrected chi connectivity index (χ2v) is 8.65. The topological polar surface area (TPSA) is 59.8 Å². The highest BCUT2D eigenvalue weighted by Crippen LogP contribution is 2.36. The first-order valence-corrected chi connectivity index (χ1v) is 10.8. The van der Waals surface area contributed by atoms with Crippen molar-refractivity contribution in [1.82, 2.24) is 0 Å². The van der Waals surface area contributed by atoms with Crippen molar-refractivity contribution >= 4 is 28.2 Å². The van der Waals surface area contributed by atoms with Crippen molar-refractivity contribution in [3.63, 3.8) is 0 Å². The number of thiophene rings is 1. The quantitative estimate of drug-likeness (QED) is 0.732. The Bertz CT molecular complexity index is 808. The van der Waals surface area contributed by atoms with Crippen LogP contribution in [0.5, 0.6) is 0 Å². The number of ether oxygens (including phenoxy) is 1. The summed E-state index contributed by atoms with van der Waals surface area (Å²) < 4.78 is 5.26. The minimum atomic E-state index is -0.398. The van der Waals surface area contributed by atoms with Crippen LogP contribution in [0.3, 0.4) is 0 Å². The second-order valence-electron chi connectivity index (χ2n) is 7.77. The summed E-state index contributed by atoms with van der Waals surface area (Å²) in [5.74, 6) is 0.815. The van der Waals surface area contributed by atoms with Gasteiger partial charge in [-0.3, -0.25) is 4.79 Å². The van der Waals surface area contributed by atoms with Gasteiger partial charge in [0.1, 0.15) is 10.6 Å². The maximum atomic E-state index is 12.7. The zero-order chi connectivity index (χ0) is 20.1. The Labute approximate surface area is 170 Å². The van der Waals surface area contributed by atoms with Gasteiger partial charge in [0.15, 0.2) is 6.54 Å². The summed E-state index contributed by atoms with van der Waals surface area (Å²) >= 11 is 1.37. The number of piperidine rings is 1. The number of esters is 1. The molecule has 150 valence electrons. The summed E-state index contributed by atoms with van der Waals surface area (Å²) in [6, 6.07) is 9.71. The van der Waals surface area contributed by atoms with E-state index in [0.29, 0.717) is 35.6 Å². The Morgan fingerprint density at radius 2 is 1.86 bits per heavy atom. The lowest BCUT2D eigenvalue weighted by atomic mass is 9.92. The molecule has 2 N–H and O–H groups in total. The van der Waals surface area contributed by atoms with Gasteiger partial charge in [-0.1, -0.05) is 44.2 Å². The van der Waals surface area contributed by atoms with E-state index in [1.165, 1.54) is 22.7 Å². The van der Waals surface area contributed by atoms with Crippen LogP contribution in [0.2, 0.25) is 0 Å². The van der Waals surface area contributed by atoms with Gasteiger partial charge in [0.25, 0.3) is 5.91 Å². The molecule has 28 heavy (non-hydrogen) atoms. The molecule has 0 bridgehead atoms. The Kier molecular flexibility index (Phi) is 6.86. The van der Waals surface area contributed by atoms with Gasteiger partial charge in [0.05, 0.1) is 19.7 Å². The molecule has 1 amide bonds. The van der Waals surface area contributed by atoms with Crippen LogP contribution in [0, 0.1) is 11.8 Å². The highest BCUT2D eigenvalue weighted by atomic mass is 32.1. The first-order valence-electron chi connectivity index (χ1n) is 9.95. The standard InChI is InChI=1S/C22H28N2O3S/c1-4-27-22(26)20-18(17-8-6-5-7-9-17)14-28-21(20)23-19(25)13-24-11-15(2)10-16(3)12-24/h5-9,14-16H,4,10-13H2,1-3H3,(H,23,25)/p+1/t15-,16+. The lowest BCUT2D eigenvalue weighted by molar-refractivity contribution is -0.904. The number of hydrogen-bond acceptors (Lipinski definition) is 4. The lowest BCUT2D eigenvalue weighted by Crippen LogP contribution is -3.15. The molecule has 6 heteroatoms. The molecule has 0 aliphatic carbocycles. The molecule has 0 saturated carbocycles. The molecule has 2 aromatic rings. The zero-order valence-corrected chi connectivity index (χ0v) is 17.6. The normalized spacial score (nSPS) is 21.9. The molecule has 2 heterocycles. The predicted molar refractivity (Wildman–Crippen MR) is 113 cm³/mol. The Hall–Kier alpha value is -2.18. The first-order chi connectivity index (χ1) is 13.5. The monoisotopic (exact) mass is 401 g/mol. The van der Waals surface area contributed by atoms with Crippen molar-refractivity contribution in [2.75, 3.05) is 31.6 Å². The van der Waals surface area contributed by atoms with E-state index in [9.17, 15) is 9.59 Å². The molecule has 1 fully saturated rings. The van der Waals surface area contributed by atoms with Crippen molar-refractivity contribution in [3.05, 3.63) is 41.3 Å². The number of amides is 1. The molecular weight excluding hydrogens is 372 g/mol. The summed E-state index contributed by atoms with van der Waals surface area (Å²) in [4.78, 5) is 26.6. The smallest absolute Gasteiger partial charge is 0.341 e. The van der Waals surface area contributed by atoms with E-state index in [1.54, 1.807) is 6.92 Å². The van der Waals surface area contributed by atoms with Gasteiger partial charge in [-0.25, -0.2) is 4.79 Å². The largest absolute Gasteiger partial charge is 0.462 e. The summed E-state index contributed by atoms with van der Waals surface area (Å²) in [5.41, 5.74) is 2.18. The van der Waals surface area contributed by atoms with Crippen molar-refractivity contribution in [2.45, 2.75) is 27.2 Å². The third-order valence-electron chi connectivity index (χ3n) is 5.10. The summed E-state index contributed by atoms with van der Waals surface area (Å²) in [5, 5.41) is 5.46. The molecule has 3 rings (SSSR count). The third kappa shape index (κ3) is 5.00.